The van der Waals surface area contributed by atoms with E-state index in [2.05, 4.69) is 40.5 Å². The van der Waals surface area contributed by atoms with Gasteiger partial charge in [-0.2, -0.15) is 5.10 Å². The second-order valence-corrected chi connectivity index (χ2v) is 8.97. The lowest BCUT2D eigenvalue weighted by atomic mass is 9.80. The van der Waals surface area contributed by atoms with Crippen LogP contribution < -0.4 is 4.48 Å². The molecule has 3 heterocycles. The number of rotatable bonds is 3. The van der Waals surface area contributed by atoms with Crippen LogP contribution in [-0.4, -0.2) is 36.4 Å². The molecule has 0 unspecified atom stereocenters. The van der Waals surface area contributed by atoms with Crippen molar-refractivity contribution in [2.24, 2.45) is 5.92 Å². The third-order valence-electron chi connectivity index (χ3n) is 7.46. The van der Waals surface area contributed by atoms with Gasteiger partial charge < -0.3 is 4.74 Å². The third kappa shape index (κ3) is 3.13. The van der Waals surface area contributed by atoms with Crippen LogP contribution in [0.3, 0.4) is 0 Å². The first kappa shape index (κ1) is 17.4. The minimum Gasteiger partial charge on any atom is -0.369 e. The van der Waals surface area contributed by atoms with E-state index in [1.165, 1.54) is 68.7 Å². The van der Waals surface area contributed by atoms with Crippen LogP contribution in [0.15, 0.2) is 36.5 Å². The van der Waals surface area contributed by atoms with Gasteiger partial charge in [0.05, 0.1) is 32.4 Å². The summed E-state index contributed by atoms with van der Waals surface area (Å²) in [6.07, 6.45) is 12.3. The van der Waals surface area contributed by atoms with E-state index in [0.29, 0.717) is 0 Å². The van der Waals surface area contributed by atoms with Gasteiger partial charge in [0.25, 0.3) is 0 Å². The van der Waals surface area contributed by atoms with Crippen LogP contribution in [0, 0.1) is 5.92 Å². The number of hydrogen-bond donors (Lipinski definition) is 1. The normalized spacial score (nSPS) is 31.7. The molecule has 0 amide bonds. The predicted octanol–water partition coefficient (Wildman–Crippen LogP) is 4.56. The molecule has 1 saturated carbocycles. The number of piperidine rings is 1. The molecule has 2 aromatic rings. The van der Waals surface area contributed by atoms with Gasteiger partial charge in [-0.25, -0.2) is 0 Å². The van der Waals surface area contributed by atoms with Gasteiger partial charge in [-0.15, -0.1) is 0 Å². The molecule has 27 heavy (non-hydrogen) atoms. The molecule has 144 valence electrons. The Balaban J connectivity index is 1.42. The van der Waals surface area contributed by atoms with Gasteiger partial charge in [-0.3, -0.25) is 9.58 Å². The molecule has 0 atom stereocenters. The van der Waals surface area contributed by atoms with E-state index < -0.39 is 0 Å². The Labute approximate surface area is 162 Å². The Morgan fingerprint density at radius 3 is 2.63 bits per heavy atom. The van der Waals surface area contributed by atoms with Crippen LogP contribution in [0.2, 0.25) is 0 Å². The van der Waals surface area contributed by atoms with Crippen LogP contribution >= 0.6 is 0 Å². The molecule has 5 rings (SSSR count). The molecule has 1 N–H and O–H groups in total. The van der Waals surface area contributed by atoms with E-state index in [1.54, 1.807) is 0 Å². The lowest BCUT2D eigenvalue weighted by Crippen LogP contribution is -2.60. The molecule has 1 spiro atoms. The molecular formula is C23H32N3O+. The zero-order valence-corrected chi connectivity index (χ0v) is 16.3. The quantitative estimate of drug-likeness (QED) is 0.809. The molecule has 4 heteroatoms. The molecule has 2 fully saturated rings. The van der Waals surface area contributed by atoms with Crippen molar-refractivity contribution in [3.8, 4) is 0 Å². The number of ether oxygens (including phenoxy) is 1. The Bertz CT molecular complexity index is 755. The van der Waals surface area contributed by atoms with E-state index in [1.807, 2.05) is 6.20 Å². The number of aromatic nitrogens is 2. The first-order chi connectivity index (χ1) is 13.3. The minimum atomic E-state index is -0.107. The highest BCUT2D eigenvalue weighted by Gasteiger charge is 2.48. The first-order valence-corrected chi connectivity index (χ1v) is 10.9. The number of nitrogens with zero attached hydrogens (tertiary/aromatic N) is 2. The predicted molar refractivity (Wildman–Crippen MR) is 109 cm³/mol. The fourth-order valence-electron chi connectivity index (χ4n) is 5.92. The molecular weight excluding hydrogens is 334 g/mol. The minimum absolute atomic E-state index is 0.107. The van der Waals surface area contributed by atoms with Crippen molar-refractivity contribution in [1.82, 2.24) is 14.7 Å². The summed E-state index contributed by atoms with van der Waals surface area (Å²) in [7, 11) is 0. The fraction of sp³-hybridized carbons (Fsp3) is 0.609. The van der Waals surface area contributed by atoms with Crippen LogP contribution in [0.5, 0.6) is 0 Å². The number of fused-ring (bicyclic) bond motifs is 2. The standard InChI is InChI=1S/C23H32N3O/c1-3-7-19(8-4-1)18-26(20-9-5-2-6-10-20)14-12-23(13-15-26)21-17-24-25-22(21)11-16-27-23/h2,5-6,9-10,17,19H,1,3-4,7-8,11-16,18H2,(H,24,25)/q+1. The topological polar surface area (TPSA) is 37.9 Å². The summed E-state index contributed by atoms with van der Waals surface area (Å²) >= 11 is 0. The van der Waals surface area contributed by atoms with Gasteiger partial charge in [-0.05, 0) is 25.0 Å². The number of benzene rings is 1. The maximum Gasteiger partial charge on any atom is 0.132 e. The molecule has 2 aliphatic heterocycles. The molecule has 1 aliphatic carbocycles. The van der Waals surface area contributed by atoms with E-state index >= 15 is 0 Å². The molecule has 1 saturated heterocycles. The summed E-state index contributed by atoms with van der Waals surface area (Å²) < 4.78 is 7.58. The third-order valence-corrected chi connectivity index (χ3v) is 7.46. The van der Waals surface area contributed by atoms with E-state index in [4.69, 9.17) is 4.74 Å². The Hall–Kier alpha value is -1.65. The largest absolute Gasteiger partial charge is 0.369 e. The zero-order chi connectivity index (χ0) is 18.2. The smallest absolute Gasteiger partial charge is 0.132 e. The fourth-order valence-corrected chi connectivity index (χ4v) is 5.92. The number of para-hydroxylation sites is 1. The first-order valence-electron chi connectivity index (χ1n) is 10.9. The number of nitrogens with one attached hydrogen (secondary N) is 1. The molecule has 3 aliphatic rings. The molecule has 1 aromatic carbocycles. The Morgan fingerprint density at radius 2 is 1.85 bits per heavy atom. The Morgan fingerprint density at radius 1 is 1.07 bits per heavy atom. The Kier molecular flexibility index (Phi) is 4.57. The van der Waals surface area contributed by atoms with E-state index in [0.717, 1.165) is 36.3 Å². The maximum atomic E-state index is 6.44. The second kappa shape index (κ2) is 7.06. The lowest BCUT2D eigenvalue weighted by molar-refractivity contribution is -0.0983. The maximum absolute atomic E-state index is 6.44. The summed E-state index contributed by atoms with van der Waals surface area (Å²) in [6, 6.07) is 11.3. The van der Waals surface area contributed by atoms with Crippen LogP contribution in [0.4, 0.5) is 5.69 Å². The highest BCUT2D eigenvalue weighted by atomic mass is 16.5. The second-order valence-electron chi connectivity index (χ2n) is 8.97. The molecule has 0 bridgehead atoms. The van der Waals surface area contributed by atoms with E-state index in [-0.39, 0.29) is 5.60 Å². The SMILES string of the molecule is c1ccc([N+]2(CC3CCCCC3)CCC3(CC2)OCCc2[nH]ncc23)cc1. The van der Waals surface area contributed by atoms with Crippen LogP contribution in [0.1, 0.15) is 56.2 Å². The average molecular weight is 367 g/mol. The summed E-state index contributed by atoms with van der Waals surface area (Å²) in [5.74, 6) is 0.879. The van der Waals surface area contributed by atoms with Gasteiger partial charge in [0.2, 0.25) is 0 Å². The van der Waals surface area contributed by atoms with Gasteiger partial charge in [0.15, 0.2) is 0 Å². The van der Waals surface area contributed by atoms with Gasteiger partial charge in [-0.1, -0.05) is 37.5 Å². The van der Waals surface area contributed by atoms with Crippen molar-refractivity contribution < 1.29 is 4.74 Å². The van der Waals surface area contributed by atoms with Gasteiger partial charge in [0, 0.05) is 36.4 Å². The van der Waals surface area contributed by atoms with Crippen LogP contribution in [-0.2, 0) is 16.8 Å². The summed E-state index contributed by atoms with van der Waals surface area (Å²) in [4.78, 5) is 0. The van der Waals surface area contributed by atoms with Crippen molar-refractivity contribution in [3.63, 3.8) is 0 Å². The number of quaternary nitrogens is 1. The van der Waals surface area contributed by atoms with Crippen molar-refractivity contribution in [3.05, 3.63) is 47.8 Å². The van der Waals surface area contributed by atoms with Crippen molar-refractivity contribution in [2.75, 3.05) is 26.2 Å². The highest BCUT2D eigenvalue weighted by Crippen LogP contribution is 2.45. The average Bonchev–Trinajstić information content (AvgIpc) is 3.22. The summed E-state index contributed by atoms with van der Waals surface area (Å²) in [5.41, 5.74) is 4.02. The summed E-state index contributed by atoms with van der Waals surface area (Å²) in [5, 5.41) is 7.54. The monoisotopic (exact) mass is 366 g/mol. The number of hydrogen-bond acceptors (Lipinski definition) is 2. The van der Waals surface area contributed by atoms with Crippen molar-refractivity contribution >= 4 is 5.69 Å². The van der Waals surface area contributed by atoms with Crippen molar-refractivity contribution in [1.29, 1.82) is 0 Å². The highest BCUT2D eigenvalue weighted by molar-refractivity contribution is 5.44. The van der Waals surface area contributed by atoms with Gasteiger partial charge in [0.1, 0.15) is 11.3 Å². The molecule has 4 nitrogen and oxygen atoms in total. The van der Waals surface area contributed by atoms with Crippen LogP contribution in [0.25, 0.3) is 0 Å². The molecule has 0 radical (unpaired) electrons. The van der Waals surface area contributed by atoms with E-state index in [9.17, 15) is 0 Å². The number of likely N-dealkylation sites (tertiary alicyclic amines) is 1. The van der Waals surface area contributed by atoms with Gasteiger partial charge >= 0.3 is 0 Å². The number of aromatic amines is 1. The van der Waals surface area contributed by atoms with Crippen molar-refractivity contribution in [2.45, 2.75) is 57.0 Å². The summed E-state index contributed by atoms with van der Waals surface area (Å²) in [6.45, 7) is 4.47. The number of H-pyrrole nitrogens is 1. The molecule has 1 aromatic heterocycles. The zero-order valence-electron chi connectivity index (χ0n) is 16.3. The lowest BCUT2D eigenvalue weighted by Gasteiger charge is -2.50.